The molecule has 0 unspecified atom stereocenters. The van der Waals surface area contributed by atoms with Gasteiger partial charge in [0.05, 0.1) is 0 Å². The number of hydrogen-bond acceptors (Lipinski definition) is 1. The summed E-state index contributed by atoms with van der Waals surface area (Å²) in [7, 11) is 0. The SMILES string of the molecule is C=C1/C(=C\C(C)=C\C(C)=O)C(C)(C)CCC1(C)C. The van der Waals surface area contributed by atoms with Crippen LogP contribution >= 0.6 is 0 Å². The molecule has 0 saturated heterocycles. The molecule has 1 aliphatic rings. The minimum atomic E-state index is 0.0999. The van der Waals surface area contributed by atoms with Crippen molar-refractivity contribution in [3.63, 3.8) is 0 Å². The second-order valence-corrected chi connectivity index (χ2v) is 6.80. The molecule has 1 aliphatic carbocycles. The van der Waals surface area contributed by atoms with E-state index >= 15 is 0 Å². The third-order valence-corrected chi connectivity index (χ3v) is 4.05. The molecule has 100 valence electrons. The van der Waals surface area contributed by atoms with Gasteiger partial charge >= 0.3 is 0 Å². The van der Waals surface area contributed by atoms with Crippen LogP contribution in [0.25, 0.3) is 0 Å². The van der Waals surface area contributed by atoms with Gasteiger partial charge in [-0.3, -0.25) is 4.79 Å². The number of allylic oxidation sites excluding steroid dienone is 5. The summed E-state index contributed by atoms with van der Waals surface area (Å²) in [5.41, 5.74) is 3.85. The lowest BCUT2D eigenvalue weighted by molar-refractivity contribution is -0.112. The Morgan fingerprint density at radius 2 is 1.61 bits per heavy atom. The van der Waals surface area contributed by atoms with Crippen molar-refractivity contribution in [2.75, 3.05) is 0 Å². The van der Waals surface area contributed by atoms with Crippen molar-refractivity contribution in [1.29, 1.82) is 0 Å². The number of hydrogen-bond donors (Lipinski definition) is 0. The van der Waals surface area contributed by atoms with Crippen LogP contribution in [-0.2, 0) is 4.79 Å². The third kappa shape index (κ3) is 3.22. The fourth-order valence-corrected chi connectivity index (χ4v) is 2.56. The predicted molar refractivity (Wildman–Crippen MR) is 78.5 cm³/mol. The van der Waals surface area contributed by atoms with Crippen LogP contribution < -0.4 is 0 Å². The van der Waals surface area contributed by atoms with Crippen LogP contribution in [0.5, 0.6) is 0 Å². The van der Waals surface area contributed by atoms with Crippen molar-refractivity contribution in [2.45, 2.75) is 54.4 Å². The minimum absolute atomic E-state index is 0.0999. The van der Waals surface area contributed by atoms with E-state index in [1.54, 1.807) is 13.0 Å². The maximum Gasteiger partial charge on any atom is 0.152 e. The molecule has 0 aromatic carbocycles. The molecule has 0 heterocycles. The van der Waals surface area contributed by atoms with Crippen molar-refractivity contribution in [1.82, 2.24) is 0 Å². The largest absolute Gasteiger partial charge is 0.295 e. The Bertz CT molecular complexity index is 431. The monoisotopic (exact) mass is 246 g/mol. The van der Waals surface area contributed by atoms with Gasteiger partial charge in [0.15, 0.2) is 5.78 Å². The lowest BCUT2D eigenvalue weighted by Crippen LogP contribution is -2.31. The quantitative estimate of drug-likeness (QED) is 0.636. The summed E-state index contributed by atoms with van der Waals surface area (Å²) in [5, 5.41) is 0. The Balaban J connectivity index is 3.20. The first kappa shape index (κ1) is 14.9. The standard InChI is InChI=1S/C17H26O/c1-12(10-13(2)18)11-15-14(3)16(4,5)8-9-17(15,6)7/h10-11H,3,8-9H2,1-2,4-7H3/b12-10+,15-11+. The summed E-state index contributed by atoms with van der Waals surface area (Å²) in [5.74, 6) is 0.0999. The fraction of sp³-hybridized carbons (Fsp3) is 0.588. The van der Waals surface area contributed by atoms with E-state index in [0.717, 1.165) is 12.0 Å². The highest BCUT2D eigenvalue weighted by atomic mass is 16.1. The molecule has 0 aromatic heterocycles. The topological polar surface area (TPSA) is 17.1 Å². The Hall–Kier alpha value is -1.11. The average molecular weight is 246 g/mol. The van der Waals surface area contributed by atoms with Crippen molar-refractivity contribution >= 4 is 5.78 Å². The molecule has 0 atom stereocenters. The molecule has 0 N–H and O–H groups in total. The predicted octanol–water partition coefficient (Wildman–Crippen LogP) is 4.85. The van der Waals surface area contributed by atoms with Crippen LogP contribution in [0.3, 0.4) is 0 Å². The molecule has 1 heteroatoms. The van der Waals surface area contributed by atoms with Crippen LogP contribution in [0.4, 0.5) is 0 Å². The van der Waals surface area contributed by atoms with Gasteiger partial charge in [0, 0.05) is 0 Å². The third-order valence-electron chi connectivity index (χ3n) is 4.05. The van der Waals surface area contributed by atoms with E-state index in [1.165, 1.54) is 17.6 Å². The molecular formula is C17H26O. The first-order valence-electron chi connectivity index (χ1n) is 6.67. The van der Waals surface area contributed by atoms with Crippen molar-refractivity contribution in [2.24, 2.45) is 10.8 Å². The van der Waals surface area contributed by atoms with Gasteiger partial charge in [-0.1, -0.05) is 40.3 Å². The van der Waals surface area contributed by atoms with Crippen LogP contribution in [0, 0.1) is 10.8 Å². The summed E-state index contributed by atoms with van der Waals surface area (Å²) < 4.78 is 0. The lowest BCUT2D eigenvalue weighted by Gasteiger charge is -2.44. The smallest absolute Gasteiger partial charge is 0.152 e. The highest BCUT2D eigenvalue weighted by Crippen LogP contribution is 2.51. The summed E-state index contributed by atoms with van der Waals surface area (Å²) in [6.07, 6.45) is 6.17. The summed E-state index contributed by atoms with van der Waals surface area (Å²) in [6.45, 7) is 16.9. The van der Waals surface area contributed by atoms with Crippen LogP contribution in [0.15, 0.2) is 35.5 Å². The van der Waals surface area contributed by atoms with Gasteiger partial charge in [0.25, 0.3) is 0 Å². The van der Waals surface area contributed by atoms with Crippen LogP contribution in [-0.4, -0.2) is 5.78 Å². The Morgan fingerprint density at radius 1 is 1.11 bits per heavy atom. The molecular weight excluding hydrogens is 220 g/mol. The fourth-order valence-electron chi connectivity index (χ4n) is 2.56. The Morgan fingerprint density at radius 3 is 2.11 bits per heavy atom. The number of carbonyl (C=O) groups is 1. The van der Waals surface area contributed by atoms with Gasteiger partial charge in [-0.25, -0.2) is 0 Å². The van der Waals surface area contributed by atoms with Crippen molar-refractivity contribution < 1.29 is 4.79 Å². The van der Waals surface area contributed by atoms with Gasteiger partial charge in [0.2, 0.25) is 0 Å². The maximum absolute atomic E-state index is 11.1. The normalized spacial score (nSPS) is 25.3. The molecule has 1 nitrogen and oxygen atoms in total. The maximum atomic E-state index is 11.1. The zero-order valence-electron chi connectivity index (χ0n) is 12.7. The van der Waals surface area contributed by atoms with E-state index in [4.69, 9.17) is 0 Å². The first-order valence-corrected chi connectivity index (χ1v) is 6.67. The summed E-state index contributed by atoms with van der Waals surface area (Å²) in [6, 6.07) is 0. The Labute approximate surface area is 112 Å². The highest BCUT2D eigenvalue weighted by Gasteiger charge is 2.38. The molecule has 0 spiro atoms. The number of rotatable bonds is 2. The molecule has 0 bridgehead atoms. The second-order valence-electron chi connectivity index (χ2n) is 6.80. The van der Waals surface area contributed by atoms with Gasteiger partial charge in [-0.15, -0.1) is 0 Å². The van der Waals surface area contributed by atoms with Crippen LogP contribution in [0.2, 0.25) is 0 Å². The van der Waals surface area contributed by atoms with E-state index in [9.17, 15) is 4.79 Å². The molecule has 1 saturated carbocycles. The van der Waals surface area contributed by atoms with Gasteiger partial charge in [-0.2, -0.15) is 0 Å². The van der Waals surface area contributed by atoms with Crippen molar-refractivity contribution in [3.05, 3.63) is 35.5 Å². The highest BCUT2D eigenvalue weighted by molar-refractivity contribution is 5.88. The number of carbonyl (C=O) groups excluding carboxylic acids is 1. The summed E-state index contributed by atoms with van der Waals surface area (Å²) in [4.78, 5) is 11.1. The molecule has 0 amide bonds. The van der Waals surface area contributed by atoms with Gasteiger partial charge < -0.3 is 0 Å². The van der Waals surface area contributed by atoms with E-state index in [2.05, 4.69) is 40.3 Å². The molecule has 18 heavy (non-hydrogen) atoms. The average Bonchev–Trinajstić information content (AvgIpc) is 2.19. The van der Waals surface area contributed by atoms with Gasteiger partial charge in [-0.05, 0) is 60.3 Å². The van der Waals surface area contributed by atoms with Crippen LogP contribution in [0.1, 0.15) is 54.4 Å². The summed E-state index contributed by atoms with van der Waals surface area (Å²) >= 11 is 0. The molecule has 0 aromatic rings. The van der Waals surface area contributed by atoms with E-state index < -0.39 is 0 Å². The molecule has 1 rings (SSSR count). The zero-order valence-corrected chi connectivity index (χ0v) is 12.7. The Kier molecular flexibility index (Phi) is 4.05. The minimum Gasteiger partial charge on any atom is -0.295 e. The molecule has 0 radical (unpaired) electrons. The van der Waals surface area contributed by atoms with E-state index in [-0.39, 0.29) is 16.6 Å². The van der Waals surface area contributed by atoms with Crippen molar-refractivity contribution in [3.8, 4) is 0 Å². The lowest BCUT2D eigenvalue weighted by atomic mass is 9.61. The van der Waals surface area contributed by atoms with Gasteiger partial charge in [0.1, 0.15) is 0 Å². The zero-order chi connectivity index (χ0) is 14.1. The second kappa shape index (κ2) is 4.87. The number of ketones is 1. The first-order chi connectivity index (χ1) is 8.06. The van der Waals surface area contributed by atoms with E-state index in [0.29, 0.717) is 0 Å². The van der Waals surface area contributed by atoms with E-state index in [1.807, 2.05) is 6.92 Å². The molecule has 1 fully saturated rings. The molecule has 0 aliphatic heterocycles.